The van der Waals surface area contributed by atoms with E-state index in [1.54, 1.807) is 23.7 Å². The fourth-order valence-electron chi connectivity index (χ4n) is 2.20. The Labute approximate surface area is 149 Å². The maximum Gasteiger partial charge on any atom is 0.220 e. The normalized spacial score (nSPS) is 10.5. The van der Waals surface area contributed by atoms with Crippen LogP contribution in [-0.4, -0.2) is 15.9 Å². The largest absolute Gasteiger partial charge is 0.350 e. The van der Waals surface area contributed by atoms with Crippen molar-refractivity contribution < 1.29 is 4.79 Å². The standard InChI is InChI=1S/C18H16ClN3OS/c19-15-4-1-13(2-5-15)3-6-17(23)21-11-16-12-24-18(22-16)14-7-9-20-10-8-14/h1-2,4-5,7-10,12H,3,6,11H2,(H,21,23). The Kier molecular flexibility index (Phi) is 5.56. The first-order valence-corrected chi connectivity index (χ1v) is 8.82. The highest BCUT2D eigenvalue weighted by Gasteiger charge is 2.07. The van der Waals surface area contributed by atoms with Gasteiger partial charge in [-0.1, -0.05) is 23.7 Å². The number of nitrogens with one attached hydrogen (secondary N) is 1. The summed E-state index contributed by atoms with van der Waals surface area (Å²) in [6, 6.07) is 11.4. The maximum absolute atomic E-state index is 12.0. The lowest BCUT2D eigenvalue weighted by atomic mass is 10.1. The predicted molar refractivity (Wildman–Crippen MR) is 97.0 cm³/mol. The molecule has 0 aliphatic carbocycles. The second kappa shape index (κ2) is 8.04. The Balaban J connectivity index is 1.48. The number of carbonyl (C=O) groups excluding carboxylic acids is 1. The lowest BCUT2D eigenvalue weighted by Crippen LogP contribution is -2.23. The Morgan fingerprint density at radius 3 is 2.62 bits per heavy atom. The number of hydrogen-bond donors (Lipinski definition) is 1. The van der Waals surface area contributed by atoms with Crippen LogP contribution in [0.5, 0.6) is 0 Å². The molecule has 1 N–H and O–H groups in total. The zero-order valence-electron chi connectivity index (χ0n) is 12.9. The van der Waals surface area contributed by atoms with Crippen molar-refractivity contribution in [1.82, 2.24) is 15.3 Å². The van der Waals surface area contributed by atoms with Gasteiger partial charge in [0.15, 0.2) is 0 Å². The molecule has 0 bridgehead atoms. The van der Waals surface area contributed by atoms with Crippen molar-refractivity contribution in [3.8, 4) is 10.6 Å². The van der Waals surface area contributed by atoms with Crippen LogP contribution in [0.2, 0.25) is 5.02 Å². The minimum atomic E-state index is 0.0170. The molecule has 0 aliphatic rings. The van der Waals surface area contributed by atoms with Gasteiger partial charge in [0, 0.05) is 34.8 Å². The van der Waals surface area contributed by atoms with Crippen molar-refractivity contribution in [3.63, 3.8) is 0 Å². The number of carbonyl (C=O) groups is 1. The van der Waals surface area contributed by atoms with E-state index in [9.17, 15) is 4.79 Å². The summed E-state index contributed by atoms with van der Waals surface area (Å²) < 4.78 is 0. The second-order valence-electron chi connectivity index (χ2n) is 5.28. The quantitative estimate of drug-likeness (QED) is 0.722. The molecule has 3 aromatic rings. The smallest absolute Gasteiger partial charge is 0.220 e. The van der Waals surface area contributed by atoms with E-state index in [-0.39, 0.29) is 5.91 Å². The van der Waals surface area contributed by atoms with Gasteiger partial charge in [0.1, 0.15) is 5.01 Å². The van der Waals surface area contributed by atoms with Crippen molar-refractivity contribution in [3.05, 3.63) is 70.5 Å². The summed E-state index contributed by atoms with van der Waals surface area (Å²) >= 11 is 7.41. The summed E-state index contributed by atoms with van der Waals surface area (Å²) in [5.41, 5.74) is 3.00. The zero-order valence-corrected chi connectivity index (χ0v) is 14.5. The average molecular weight is 358 g/mol. The SMILES string of the molecule is O=C(CCc1ccc(Cl)cc1)NCc1csc(-c2ccncc2)n1. The molecule has 0 fully saturated rings. The van der Waals surface area contributed by atoms with Crippen LogP contribution in [0.15, 0.2) is 54.2 Å². The van der Waals surface area contributed by atoms with Crippen molar-refractivity contribution in [1.29, 1.82) is 0 Å². The highest BCUT2D eigenvalue weighted by Crippen LogP contribution is 2.22. The predicted octanol–water partition coefficient (Wildman–Crippen LogP) is 4.11. The van der Waals surface area contributed by atoms with E-state index in [2.05, 4.69) is 15.3 Å². The number of pyridine rings is 1. The van der Waals surface area contributed by atoms with Crippen LogP contribution in [-0.2, 0) is 17.8 Å². The molecule has 0 saturated carbocycles. The molecule has 0 radical (unpaired) electrons. The van der Waals surface area contributed by atoms with Crippen LogP contribution < -0.4 is 5.32 Å². The second-order valence-corrected chi connectivity index (χ2v) is 6.58. The molecule has 4 nitrogen and oxygen atoms in total. The molecule has 0 spiro atoms. The fraction of sp³-hybridized carbons (Fsp3) is 0.167. The number of benzene rings is 1. The molecule has 122 valence electrons. The monoisotopic (exact) mass is 357 g/mol. The van der Waals surface area contributed by atoms with Crippen LogP contribution in [0.4, 0.5) is 0 Å². The number of thiazole rings is 1. The molecule has 0 aliphatic heterocycles. The summed E-state index contributed by atoms with van der Waals surface area (Å²) in [6.45, 7) is 0.445. The van der Waals surface area contributed by atoms with Gasteiger partial charge in [-0.05, 0) is 36.2 Å². The summed E-state index contributed by atoms with van der Waals surface area (Å²) in [7, 11) is 0. The van der Waals surface area contributed by atoms with E-state index in [1.165, 1.54) is 0 Å². The summed E-state index contributed by atoms with van der Waals surface area (Å²) in [5.74, 6) is 0.0170. The lowest BCUT2D eigenvalue weighted by Gasteiger charge is -2.04. The van der Waals surface area contributed by atoms with Crippen molar-refractivity contribution in [2.45, 2.75) is 19.4 Å². The fourth-order valence-corrected chi connectivity index (χ4v) is 3.15. The van der Waals surface area contributed by atoms with Crippen LogP contribution in [0.3, 0.4) is 0 Å². The number of hydrogen-bond acceptors (Lipinski definition) is 4. The average Bonchev–Trinajstić information content (AvgIpc) is 3.09. The maximum atomic E-state index is 12.0. The van der Waals surface area contributed by atoms with Crippen LogP contribution in [0.25, 0.3) is 10.6 Å². The molecule has 1 amide bonds. The van der Waals surface area contributed by atoms with Gasteiger partial charge in [0.2, 0.25) is 5.91 Å². The third-order valence-corrected chi connectivity index (χ3v) is 4.69. The Morgan fingerprint density at radius 1 is 1.12 bits per heavy atom. The molecule has 3 rings (SSSR count). The van der Waals surface area contributed by atoms with Gasteiger partial charge >= 0.3 is 0 Å². The number of amides is 1. The van der Waals surface area contributed by atoms with Gasteiger partial charge in [0.25, 0.3) is 0 Å². The molecule has 0 saturated heterocycles. The molecule has 2 heterocycles. The van der Waals surface area contributed by atoms with Gasteiger partial charge in [-0.25, -0.2) is 4.98 Å². The van der Waals surface area contributed by atoms with Gasteiger partial charge < -0.3 is 5.32 Å². The topological polar surface area (TPSA) is 54.9 Å². The van der Waals surface area contributed by atoms with E-state index < -0.39 is 0 Å². The number of nitrogens with zero attached hydrogens (tertiary/aromatic N) is 2. The Hall–Kier alpha value is -2.24. The summed E-state index contributed by atoms with van der Waals surface area (Å²) in [4.78, 5) is 20.5. The highest BCUT2D eigenvalue weighted by atomic mass is 35.5. The van der Waals surface area contributed by atoms with Crippen molar-refractivity contribution >= 4 is 28.8 Å². The van der Waals surface area contributed by atoms with Crippen molar-refractivity contribution in [2.75, 3.05) is 0 Å². The van der Waals surface area contributed by atoms with Crippen LogP contribution in [0, 0.1) is 0 Å². The Bertz CT molecular complexity index is 803. The van der Waals surface area contributed by atoms with Gasteiger partial charge in [-0.2, -0.15) is 0 Å². The molecule has 6 heteroatoms. The minimum Gasteiger partial charge on any atom is -0.350 e. The molecule has 0 unspecified atom stereocenters. The first-order chi connectivity index (χ1) is 11.7. The first kappa shape index (κ1) is 16.6. The number of aryl methyl sites for hydroxylation is 1. The van der Waals surface area contributed by atoms with Crippen LogP contribution >= 0.6 is 22.9 Å². The third kappa shape index (κ3) is 4.63. The van der Waals surface area contributed by atoms with E-state index in [4.69, 9.17) is 11.6 Å². The molecular formula is C18H16ClN3OS. The molecule has 24 heavy (non-hydrogen) atoms. The van der Waals surface area contributed by atoms with Gasteiger partial charge in [-0.15, -0.1) is 11.3 Å². The molecule has 2 aromatic heterocycles. The summed E-state index contributed by atoms with van der Waals surface area (Å²) in [5, 5.41) is 6.52. The third-order valence-electron chi connectivity index (χ3n) is 3.50. The van der Waals surface area contributed by atoms with Gasteiger partial charge in [-0.3, -0.25) is 9.78 Å². The number of rotatable bonds is 6. The first-order valence-electron chi connectivity index (χ1n) is 7.56. The van der Waals surface area contributed by atoms with Crippen LogP contribution in [0.1, 0.15) is 17.7 Å². The van der Waals surface area contributed by atoms with E-state index in [1.807, 2.05) is 41.8 Å². The summed E-state index contributed by atoms with van der Waals surface area (Å²) in [6.07, 6.45) is 4.63. The minimum absolute atomic E-state index is 0.0170. The van der Waals surface area contributed by atoms with Crippen molar-refractivity contribution in [2.24, 2.45) is 0 Å². The van der Waals surface area contributed by atoms with E-state index >= 15 is 0 Å². The van der Waals surface area contributed by atoms with E-state index in [0.717, 1.165) is 21.8 Å². The highest BCUT2D eigenvalue weighted by molar-refractivity contribution is 7.13. The van der Waals surface area contributed by atoms with E-state index in [0.29, 0.717) is 24.4 Å². The number of aromatic nitrogens is 2. The number of halogens is 1. The lowest BCUT2D eigenvalue weighted by molar-refractivity contribution is -0.121. The molecule has 0 atom stereocenters. The Morgan fingerprint density at radius 2 is 1.88 bits per heavy atom. The molecule has 1 aromatic carbocycles. The molecular weight excluding hydrogens is 342 g/mol. The van der Waals surface area contributed by atoms with Gasteiger partial charge in [0.05, 0.1) is 12.2 Å². The zero-order chi connectivity index (χ0) is 16.8.